The fraction of sp³-hybridized carbons (Fsp3) is 0.867. The zero-order valence-corrected chi connectivity index (χ0v) is 12.3. The average molecular weight is 267 g/mol. The monoisotopic (exact) mass is 267 g/mol. The SMILES string of the molecule is CC(C)(C)OC(=O)N1CCC2(CCC(C=O)CC2)C1. The second kappa shape index (κ2) is 5.14. The van der Waals surface area contributed by atoms with E-state index in [2.05, 4.69) is 0 Å². The van der Waals surface area contributed by atoms with Crippen molar-refractivity contribution in [2.45, 2.75) is 58.5 Å². The van der Waals surface area contributed by atoms with Crippen LogP contribution >= 0.6 is 0 Å². The van der Waals surface area contributed by atoms with Gasteiger partial charge in [-0.15, -0.1) is 0 Å². The Morgan fingerprint density at radius 3 is 2.42 bits per heavy atom. The molecule has 0 aromatic rings. The fourth-order valence-corrected chi connectivity index (χ4v) is 3.21. The van der Waals surface area contributed by atoms with Crippen LogP contribution in [0.15, 0.2) is 0 Å². The number of ether oxygens (including phenoxy) is 1. The Morgan fingerprint density at radius 1 is 1.26 bits per heavy atom. The molecule has 2 rings (SSSR count). The van der Waals surface area contributed by atoms with Crippen molar-refractivity contribution >= 4 is 12.4 Å². The summed E-state index contributed by atoms with van der Waals surface area (Å²) in [5.41, 5.74) is -0.182. The van der Waals surface area contributed by atoms with Gasteiger partial charge in [0.2, 0.25) is 0 Å². The summed E-state index contributed by atoms with van der Waals surface area (Å²) in [6, 6.07) is 0. The number of aldehydes is 1. The quantitative estimate of drug-likeness (QED) is 0.686. The van der Waals surface area contributed by atoms with Crippen LogP contribution in [0, 0.1) is 11.3 Å². The molecule has 19 heavy (non-hydrogen) atoms. The van der Waals surface area contributed by atoms with E-state index in [4.69, 9.17) is 4.74 Å². The van der Waals surface area contributed by atoms with Crippen LogP contribution in [0.3, 0.4) is 0 Å². The largest absolute Gasteiger partial charge is 0.444 e. The molecule has 1 saturated heterocycles. The molecule has 0 unspecified atom stereocenters. The van der Waals surface area contributed by atoms with Crippen molar-refractivity contribution < 1.29 is 14.3 Å². The van der Waals surface area contributed by atoms with Crippen molar-refractivity contribution in [3.63, 3.8) is 0 Å². The molecule has 1 saturated carbocycles. The highest BCUT2D eigenvalue weighted by Gasteiger charge is 2.43. The summed E-state index contributed by atoms with van der Waals surface area (Å²) in [5, 5.41) is 0. The van der Waals surface area contributed by atoms with Crippen LogP contribution in [0.4, 0.5) is 4.79 Å². The molecule has 1 amide bonds. The average Bonchev–Trinajstić information content (AvgIpc) is 2.73. The van der Waals surface area contributed by atoms with Crippen LogP contribution in [0.5, 0.6) is 0 Å². The first-order chi connectivity index (χ1) is 8.84. The van der Waals surface area contributed by atoms with Gasteiger partial charge >= 0.3 is 6.09 Å². The van der Waals surface area contributed by atoms with E-state index in [1.165, 1.54) is 0 Å². The van der Waals surface area contributed by atoms with E-state index < -0.39 is 5.60 Å². The molecule has 1 aliphatic carbocycles. The number of hydrogen-bond donors (Lipinski definition) is 0. The van der Waals surface area contributed by atoms with Crippen LogP contribution in [0.2, 0.25) is 0 Å². The first-order valence-corrected chi connectivity index (χ1v) is 7.27. The van der Waals surface area contributed by atoms with Gasteiger partial charge in [-0.3, -0.25) is 0 Å². The first-order valence-electron chi connectivity index (χ1n) is 7.27. The van der Waals surface area contributed by atoms with Crippen LogP contribution in [0.1, 0.15) is 52.9 Å². The van der Waals surface area contributed by atoms with Crippen molar-refractivity contribution in [2.75, 3.05) is 13.1 Å². The molecule has 1 spiro atoms. The third kappa shape index (κ3) is 3.48. The standard InChI is InChI=1S/C15H25NO3/c1-14(2,3)19-13(18)16-9-8-15(11-16)6-4-12(10-17)5-7-15/h10,12H,4-9,11H2,1-3H3. The first kappa shape index (κ1) is 14.4. The predicted molar refractivity (Wildman–Crippen MR) is 72.9 cm³/mol. The highest BCUT2D eigenvalue weighted by Crippen LogP contribution is 2.45. The number of carbonyl (C=O) groups excluding carboxylic acids is 2. The molecule has 1 aliphatic heterocycles. The lowest BCUT2D eigenvalue weighted by Crippen LogP contribution is -2.38. The highest BCUT2D eigenvalue weighted by atomic mass is 16.6. The number of amides is 1. The van der Waals surface area contributed by atoms with Gasteiger partial charge in [0, 0.05) is 19.0 Å². The minimum atomic E-state index is -0.429. The van der Waals surface area contributed by atoms with E-state index >= 15 is 0 Å². The van der Waals surface area contributed by atoms with Crippen molar-refractivity contribution in [1.29, 1.82) is 0 Å². The maximum Gasteiger partial charge on any atom is 0.410 e. The molecule has 4 heteroatoms. The van der Waals surface area contributed by atoms with Crippen molar-refractivity contribution in [3.8, 4) is 0 Å². The molecule has 1 heterocycles. The van der Waals surface area contributed by atoms with Crippen LogP contribution in [-0.2, 0) is 9.53 Å². The van der Waals surface area contributed by atoms with Crippen LogP contribution in [0.25, 0.3) is 0 Å². The Bertz CT molecular complexity index is 351. The molecule has 0 radical (unpaired) electrons. The summed E-state index contributed by atoms with van der Waals surface area (Å²) in [6.45, 7) is 7.28. The highest BCUT2D eigenvalue weighted by molar-refractivity contribution is 5.68. The van der Waals surface area contributed by atoms with Crippen molar-refractivity contribution in [2.24, 2.45) is 11.3 Å². The maximum absolute atomic E-state index is 12.1. The Balaban J connectivity index is 1.89. The van der Waals surface area contributed by atoms with E-state index in [1.807, 2.05) is 25.7 Å². The fourth-order valence-electron chi connectivity index (χ4n) is 3.21. The van der Waals surface area contributed by atoms with E-state index in [1.54, 1.807) is 0 Å². The maximum atomic E-state index is 12.1. The minimum absolute atomic E-state index is 0.193. The lowest BCUT2D eigenvalue weighted by Gasteiger charge is -2.35. The summed E-state index contributed by atoms with van der Waals surface area (Å²) in [4.78, 5) is 24.7. The summed E-state index contributed by atoms with van der Waals surface area (Å²) in [5.74, 6) is 0.237. The molecular formula is C15H25NO3. The van der Waals surface area contributed by atoms with Gasteiger partial charge in [-0.2, -0.15) is 0 Å². The Hall–Kier alpha value is -1.06. The Morgan fingerprint density at radius 2 is 1.89 bits per heavy atom. The van der Waals surface area contributed by atoms with Crippen LogP contribution < -0.4 is 0 Å². The number of nitrogens with zero attached hydrogens (tertiary/aromatic N) is 1. The Kier molecular flexibility index (Phi) is 3.88. The molecule has 0 N–H and O–H groups in total. The van der Waals surface area contributed by atoms with Gasteiger partial charge in [0.05, 0.1) is 0 Å². The normalized spacial score (nSPS) is 31.5. The minimum Gasteiger partial charge on any atom is -0.444 e. The zero-order valence-electron chi connectivity index (χ0n) is 12.3. The van der Waals surface area contributed by atoms with Gasteiger partial charge in [0.15, 0.2) is 0 Å². The van der Waals surface area contributed by atoms with Gasteiger partial charge in [-0.25, -0.2) is 4.79 Å². The van der Waals surface area contributed by atoms with Crippen molar-refractivity contribution in [3.05, 3.63) is 0 Å². The van der Waals surface area contributed by atoms with Crippen LogP contribution in [-0.4, -0.2) is 36.0 Å². The van der Waals surface area contributed by atoms with Crippen molar-refractivity contribution in [1.82, 2.24) is 4.90 Å². The van der Waals surface area contributed by atoms with E-state index in [-0.39, 0.29) is 17.4 Å². The summed E-state index contributed by atoms with van der Waals surface area (Å²) in [7, 11) is 0. The van der Waals surface area contributed by atoms with Gasteiger partial charge < -0.3 is 14.4 Å². The molecule has 0 aromatic carbocycles. The topological polar surface area (TPSA) is 46.6 Å². The summed E-state index contributed by atoms with van der Waals surface area (Å²) in [6.07, 6.45) is 6.04. The Labute approximate surface area is 115 Å². The van der Waals surface area contributed by atoms with E-state index in [0.29, 0.717) is 0 Å². The number of rotatable bonds is 1. The molecule has 4 nitrogen and oxygen atoms in total. The lowest BCUT2D eigenvalue weighted by molar-refractivity contribution is -0.112. The summed E-state index contributed by atoms with van der Waals surface area (Å²) >= 11 is 0. The van der Waals surface area contributed by atoms with E-state index in [0.717, 1.165) is 51.5 Å². The summed E-state index contributed by atoms with van der Waals surface area (Å²) < 4.78 is 5.43. The molecule has 108 valence electrons. The number of likely N-dealkylation sites (tertiary alicyclic amines) is 1. The lowest BCUT2D eigenvalue weighted by atomic mass is 9.70. The molecule has 0 bridgehead atoms. The predicted octanol–water partition coefficient (Wildman–Crippen LogP) is 3.00. The zero-order chi connectivity index (χ0) is 14.1. The third-order valence-electron chi connectivity index (χ3n) is 4.37. The van der Waals surface area contributed by atoms with Gasteiger partial charge in [-0.05, 0) is 58.3 Å². The molecular weight excluding hydrogens is 242 g/mol. The smallest absolute Gasteiger partial charge is 0.410 e. The second-order valence-corrected chi connectivity index (χ2v) is 7.13. The number of carbonyl (C=O) groups is 2. The second-order valence-electron chi connectivity index (χ2n) is 7.13. The number of hydrogen-bond acceptors (Lipinski definition) is 3. The molecule has 2 aliphatic rings. The molecule has 0 aromatic heterocycles. The van der Waals surface area contributed by atoms with Gasteiger partial charge in [0.25, 0.3) is 0 Å². The van der Waals surface area contributed by atoms with E-state index in [9.17, 15) is 9.59 Å². The molecule has 0 atom stereocenters. The molecule has 2 fully saturated rings. The van der Waals surface area contributed by atoms with Gasteiger partial charge in [0.1, 0.15) is 11.9 Å². The third-order valence-corrected chi connectivity index (χ3v) is 4.37. The van der Waals surface area contributed by atoms with Gasteiger partial charge in [-0.1, -0.05) is 0 Å².